The van der Waals surface area contributed by atoms with Crippen molar-refractivity contribution in [1.29, 1.82) is 0 Å². The minimum absolute atomic E-state index is 0.0908. The zero-order valence-corrected chi connectivity index (χ0v) is 16.9. The molecule has 6 nitrogen and oxygen atoms in total. The van der Waals surface area contributed by atoms with Crippen LogP contribution in [0.1, 0.15) is 5.56 Å². The third kappa shape index (κ3) is 4.62. The molecular weight excluding hydrogens is 375 g/mol. The van der Waals surface area contributed by atoms with Crippen molar-refractivity contribution in [3.8, 4) is 17.2 Å². The van der Waals surface area contributed by atoms with Gasteiger partial charge in [0.2, 0.25) is 11.7 Å². The Labute approximate surface area is 170 Å². The number of para-hydroxylation sites is 1. The maximum absolute atomic E-state index is 14.0. The van der Waals surface area contributed by atoms with Gasteiger partial charge in [-0.1, -0.05) is 12.1 Å². The molecule has 29 heavy (non-hydrogen) atoms. The summed E-state index contributed by atoms with van der Waals surface area (Å²) in [6.07, 6.45) is 3.25. The van der Waals surface area contributed by atoms with Gasteiger partial charge in [-0.05, 0) is 35.9 Å². The van der Waals surface area contributed by atoms with E-state index in [1.165, 1.54) is 12.1 Å². The van der Waals surface area contributed by atoms with Crippen LogP contribution in [0.2, 0.25) is 0 Å². The molecule has 1 saturated heterocycles. The van der Waals surface area contributed by atoms with Crippen molar-refractivity contribution in [2.45, 2.75) is 0 Å². The van der Waals surface area contributed by atoms with Crippen molar-refractivity contribution in [2.24, 2.45) is 0 Å². The van der Waals surface area contributed by atoms with E-state index in [9.17, 15) is 9.18 Å². The molecule has 1 amide bonds. The number of carbonyl (C=O) groups is 1. The number of nitrogens with zero attached hydrogens (tertiary/aromatic N) is 2. The molecule has 3 rings (SSSR count). The van der Waals surface area contributed by atoms with Gasteiger partial charge in [0.1, 0.15) is 5.82 Å². The number of amides is 1. The number of piperazine rings is 1. The summed E-state index contributed by atoms with van der Waals surface area (Å²) in [4.78, 5) is 16.3. The standard InChI is InChI=1S/C22H25FN2O4/c1-27-19-14-16(15-20(28-2)22(19)29-3)8-9-21(26)25-12-10-24(11-13-25)18-7-5-4-6-17(18)23/h4-9,14-15H,10-13H2,1-3H3. The molecule has 2 aromatic carbocycles. The normalized spacial score (nSPS) is 14.2. The third-order valence-electron chi connectivity index (χ3n) is 4.89. The number of ether oxygens (including phenoxy) is 3. The van der Waals surface area contributed by atoms with Crippen LogP contribution in [0.25, 0.3) is 6.08 Å². The number of benzene rings is 2. The highest BCUT2D eigenvalue weighted by molar-refractivity contribution is 5.92. The van der Waals surface area contributed by atoms with Crippen LogP contribution in [0.3, 0.4) is 0 Å². The largest absolute Gasteiger partial charge is 0.493 e. The van der Waals surface area contributed by atoms with E-state index < -0.39 is 0 Å². The highest BCUT2D eigenvalue weighted by Crippen LogP contribution is 2.38. The molecule has 154 valence electrons. The Morgan fingerprint density at radius 2 is 1.59 bits per heavy atom. The molecule has 1 fully saturated rings. The van der Waals surface area contributed by atoms with E-state index >= 15 is 0 Å². The maximum atomic E-state index is 14.0. The topological polar surface area (TPSA) is 51.2 Å². The first-order valence-corrected chi connectivity index (χ1v) is 9.34. The zero-order chi connectivity index (χ0) is 20.8. The predicted molar refractivity (Wildman–Crippen MR) is 110 cm³/mol. The summed E-state index contributed by atoms with van der Waals surface area (Å²) < 4.78 is 29.9. The van der Waals surface area contributed by atoms with E-state index in [2.05, 4.69) is 0 Å². The molecule has 2 aromatic rings. The quantitative estimate of drug-likeness (QED) is 0.697. The van der Waals surface area contributed by atoms with E-state index in [1.54, 1.807) is 56.6 Å². The molecule has 1 heterocycles. The highest BCUT2D eigenvalue weighted by Gasteiger charge is 2.21. The Hall–Kier alpha value is -3.22. The van der Waals surface area contributed by atoms with Crippen molar-refractivity contribution in [2.75, 3.05) is 52.4 Å². The lowest BCUT2D eigenvalue weighted by Crippen LogP contribution is -2.48. The maximum Gasteiger partial charge on any atom is 0.246 e. The van der Waals surface area contributed by atoms with Gasteiger partial charge in [0.05, 0.1) is 27.0 Å². The van der Waals surface area contributed by atoms with Crippen molar-refractivity contribution < 1.29 is 23.4 Å². The Morgan fingerprint density at radius 1 is 0.966 bits per heavy atom. The summed E-state index contributed by atoms with van der Waals surface area (Å²) in [7, 11) is 4.64. The first-order chi connectivity index (χ1) is 14.1. The van der Waals surface area contributed by atoms with Crippen LogP contribution in [-0.2, 0) is 4.79 Å². The van der Waals surface area contributed by atoms with Gasteiger partial charge in [0.15, 0.2) is 11.5 Å². The number of methoxy groups -OCH3 is 3. The molecular formula is C22H25FN2O4. The van der Waals surface area contributed by atoms with Gasteiger partial charge in [-0.25, -0.2) is 4.39 Å². The molecule has 0 N–H and O–H groups in total. The molecule has 0 atom stereocenters. The summed E-state index contributed by atoms with van der Waals surface area (Å²) in [5, 5.41) is 0. The summed E-state index contributed by atoms with van der Waals surface area (Å²) in [6, 6.07) is 10.3. The molecule has 0 bridgehead atoms. The molecule has 0 radical (unpaired) electrons. The van der Waals surface area contributed by atoms with E-state index in [0.717, 1.165) is 5.56 Å². The van der Waals surface area contributed by atoms with Gasteiger partial charge in [-0.3, -0.25) is 4.79 Å². The predicted octanol–water partition coefficient (Wildman–Crippen LogP) is 3.21. The number of hydrogen-bond donors (Lipinski definition) is 0. The molecule has 0 unspecified atom stereocenters. The first kappa shape index (κ1) is 20.5. The number of halogens is 1. The monoisotopic (exact) mass is 400 g/mol. The molecule has 0 saturated carbocycles. The lowest BCUT2D eigenvalue weighted by Gasteiger charge is -2.35. The van der Waals surface area contributed by atoms with Crippen molar-refractivity contribution in [3.05, 3.63) is 53.9 Å². The fraction of sp³-hybridized carbons (Fsp3) is 0.318. The van der Waals surface area contributed by atoms with Crippen LogP contribution in [0.4, 0.5) is 10.1 Å². The lowest BCUT2D eigenvalue weighted by atomic mass is 10.1. The second-order valence-corrected chi connectivity index (χ2v) is 6.56. The number of carbonyl (C=O) groups excluding carboxylic acids is 1. The lowest BCUT2D eigenvalue weighted by molar-refractivity contribution is -0.126. The second kappa shape index (κ2) is 9.32. The SMILES string of the molecule is COc1cc(C=CC(=O)N2CCN(c3ccccc3F)CC2)cc(OC)c1OC. The summed E-state index contributed by atoms with van der Waals surface area (Å²) in [5.74, 6) is 1.22. The average Bonchev–Trinajstić information content (AvgIpc) is 2.77. The van der Waals surface area contributed by atoms with Crippen LogP contribution in [0, 0.1) is 5.82 Å². The van der Waals surface area contributed by atoms with Gasteiger partial charge in [0.25, 0.3) is 0 Å². The Kier molecular flexibility index (Phi) is 6.59. The van der Waals surface area contributed by atoms with Crippen LogP contribution in [0.15, 0.2) is 42.5 Å². The van der Waals surface area contributed by atoms with Gasteiger partial charge in [-0.15, -0.1) is 0 Å². The van der Waals surface area contributed by atoms with E-state index in [1.807, 2.05) is 11.0 Å². The molecule has 0 aliphatic carbocycles. The Morgan fingerprint density at radius 3 is 2.14 bits per heavy atom. The summed E-state index contributed by atoms with van der Waals surface area (Å²) in [6.45, 7) is 2.24. The van der Waals surface area contributed by atoms with Gasteiger partial charge < -0.3 is 24.0 Å². The molecule has 1 aliphatic rings. The number of anilines is 1. The highest BCUT2D eigenvalue weighted by atomic mass is 19.1. The fourth-order valence-corrected chi connectivity index (χ4v) is 3.35. The van der Waals surface area contributed by atoms with E-state index in [-0.39, 0.29) is 11.7 Å². The molecule has 0 spiro atoms. The molecule has 1 aliphatic heterocycles. The van der Waals surface area contributed by atoms with Gasteiger partial charge in [-0.2, -0.15) is 0 Å². The van der Waals surface area contributed by atoms with E-state index in [0.29, 0.717) is 49.1 Å². The smallest absolute Gasteiger partial charge is 0.246 e. The molecule has 0 aromatic heterocycles. The fourth-order valence-electron chi connectivity index (χ4n) is 3.35. The summed E-state index contributed by atoms with van der Waals surface area (Å²) in [5.41, 5.74) is 1.34. The van der Waals surface area contributed by atoms with Crippen molar-refractivity contribution in [1.82, 2.24) is 4.90 Å². The summed E-state index contributed by atoms with van der Waals surface area (Å²) >= 11 is 0. The minimum atomic E-state index is -0.241. The second-order valence-electron chi connectivity index (χ2n) is 6.56. The van der Waals surface area contributed by atoms with Crippen LogP contribution in [-0.4, -0.2) is 58.3 Å². The van der Waals surface area contributed by atoms with Gasteiger partial charge >= 0.3 is 0 Å². The van der Waals surface area contributed by atoms with Crippen LogP contribution in [0.5, 0.6) is 17.2 Å². The minimum Gasteiger partial charge on any atom is -0.493 e. The zero-order valence-electron chi connectivity index (χ0n) is 16.9. The van der Waals surface area contributed by atoms with Crippen LogP contribution < -0.4 is 19.1 Å². The number of hydrogen-bond acceptors (Lipinski definition) is 5. The third-order valence-corrected chi connectivity index (χ3v) is 4.89. The molecule has 7 heteroatoms. The van der Waals surface area contributed by atoms with Crippen molar-refractivity contribution >= 4 is 17.7 Å². The Balaban J connectivity index is 1.65. The van der Waals surface area contributed by atoms with E-state index in [4.69, 9.17) is 14.2 Å². The number of rotatable bonds is 6. The van der Waals surface area contributed by atoms with Crippen LogP contribution >= 0.6 is 0 Å². The average molecular weight is 400 g/mol. The van der Waals surface area contributed by atoms with Crippen molar-refractivity contribution in [3.63, 3.8) is 0 Å². The van der Waals surface area contributed by atoms with Gasteiger partial charge in [0, 0.05) is 32.3 Å². The first-order valence-electron chi connectivity index (χ1n) is 9.34. The Bertz CT molecular complexity index is 867.